The molecule has 0 aromatic heterocycles. The normalized spacial score (nSPS) is 23.9. The SMILES string of the molecule is COCCOCCNC(=O)C1CCCC1CN. The molecule has 0 aromatic carbocycles. The third kappa shape index (κ3) is 5.02. The summed E-state index contributed by atoms with van der Waals surface area (Å²) >= 11 is 0. The van der Waals surface area contributed by atoms with Crippen LogP contribution in [0.3, 0.4) is 0 Å². The van der Waals surface area contributed by atoms with Gasteiger partial charge in [0.25, 0.3) is 0 Å². The lowest BCUT2D eigenvalue weighted by molar-refractivity contribution is -0.126. The van der Waals surface area contributed by atoms with E-state index in [1.807, 2.05) is 0 Å². The molecule has 0 bridgehead atoms. The van der Waals surface area contributed by atoms with Crippen LogP contribution in [0.5, 0.6) is 0 Å². The predicted molar refractivity (Wildman–Crippen MR) is 65.6 cm³/mol. The van der Waals surface area contributed by atoms with Gasteiger partial charge in [0.15, 0.2) is 0 Å². The van der Waals surface area contributed by atoms with Crippen molar-refractivity contribution >= 4 is 5.91 Å². The Kier molecular flexibility index (Phi) is 7.16. The summed E-state index contributed by atoms with van der Waals surface area (Å²) in [5.74, 6) is 0.608. The smallest absolute Gasteiger partial charge is 0.223 e. The molecule has 3 N–H and O–H groups in total. The molecule has 1 rings (SSSR count). The van der Waals surface area contributed by atoms with Crippen LogP contribution in [-0.2, 0) is 14.3 Å². The zero-order chi connectivity index (χ0) is 12.5. The molecule has 0 spiro atoms. The summed E-state index contributed by atoms with van der Waals surface area (Å²) < 4.78 is 10.1. The molecule has 5 nitrogen and oxygen atoms in total. The van der Waals surface area contributed by atoms with Gasteiger partial charge in [0.2, 0.25) is 5.91 Å². The molecule has 0 radical (unpaired) electrons. The molecule has 0 saturated heterocycles. The number of hydrogen-bond donors (Lipinski definition) is 2. The maximum Gasteiger partial charge on any atom is 0.223 e. The number of carbonyl (C=O) groups is 1. The van der Waals surface area contributed by atoms with Crippen molar-refractivity contribution in [3.05, 3.63) is 0 Å². The lowest BCUT2D eigenvalue weighted by Crippen LogP contribution is -2.36. The lowest BCUT2D eigenvalue weighted by Gasteiger charge is -2.17. The Balaban J connectivity index is 2.08. The largest absolute Gasteiger partial charge is 0.382 e. The van der Waals surface area contributed by atoms with E-state index in [0.29, 0.717) is 38.8 Å². The van der Waals surface area contributed by atoms with Gasteiger partial charge in [0, 0.05) is 19.6 Å². The highest BCUT2D eigenvalue weighted by Crippen LogP contribution is 2.30. The zero-order valence-corrected chi connectivity index (χ0v) is 10.6. The highest BCUT2D eigenvalue weighted by Gasteiger charge is 2.31. The number of carbonyl (C=O) groups excluding carboxylic acids is 1. The molecule has 1 amide bonds. The average Bonchev–Trinajstić information content (AvgIpc) is 2.81. The van der Waals surface area contributed by atoms with E-state index >= 15 is 0 Å². The van der Waals surface area contributed by atoms with Crippen molar-refractivity contribution in [2.45, 2.75) is 19.3 Å². The van der Waals surface area contributed by atoms with Crippen LogP contribution in [0.15, 0.2) is 0 Å². The van der Waals surface area contributed by atoms with Gasteiger partial charge in [-0.3, -0.25) is 4.79 Å². The fourth-order valence-corrected chi connectivity index (χ4v) is 2.29. The molecule has 0 heterocycles. The molecule has 5 heteroatoms. The van der Waals surface area contributed by atoms with Crippen molar-refractivity contribution < 1.29 is 14.3 Å². The molecule has 1 aliphatic carbocycles. The minimum atomic E-state index is 0.110. The van der Waals surface area contributed by atoms with Crippen molar-refractivity contribution in [2.24, 2.45) is 17.6 Å². The third-order valence-electron chi connectivity index (χ3n) is 3.28. The van der Waals surface area contributed by atoms with Gasteiger partial charge in [-0.2, -0.15) is 0 Å². The Hall–Kier alpha value is -0.650. The molecule has 2 unspecified atom stereocenters. The number of nitrogens with two attached hydrogens (primary N) is 1. The Labute approximate surface area is 103 Å². The van der Waals surface area contributed by atoms with Gasteiger partial charge in [-0.25, -0.2) is 0 Å². The van der Waals surface area contributed by atoms with Gasteiger partial charge in [0.1, 0.15) is 0 Å². The summed E-state index contributed by atoms with van der Waals surface area (Å²) in [6.45, 7) is 2.88. The highest BCUT2D eigenvalue weighted by atomic mass is 16.5. The zero-order valence-electron chi connectivity index (χ0n) is 10.6. The quantitative estimate of drug-likeness (QED) is 0.596. The van der Waals surface area contributed by atoms with Crippen LogP contribution in [0, 0.1) is 11.8 Å². The molecule has 17 heavy (non-hydrogen) atoms. The topological polar surface area (TPSA) is 73.6 Å². The van der Waals surface area contributed by atoms with Crippen LogP contribution < -0.4 is 11.1 Å². The maximum atomic E-state index is 11.9. The summed E-state index contributed by atoms with van der Waals surface area (Å²) in [6.07, 6.45) is 3.17. The first-order valence-corrected chi connectivity index (χ1v) is 6.34. The van der Waals surface area contributed by atoms with E-state index < -0.39 is 0 Å². The molecular formula is C12H24N2O3. The second kappa shape index (κ2) is 8.44. The van der Waals surface area contributed by atoms with Crippen LogP contribution in [0.4, 0.5) is 0 Å². The van der Waals surface area contributed by atoms with E-state index in [0.717, 1.165) is 19.3 Å². The number of nitrogens with one attached hydrogen (secondary N) is 1. The molecular weight excluding hydrogens is 220 g/mol. The molecule has 1 aliphatic rings. The van der Waals surface area contributed by atoms with Crippen LogP contribution in [0.1, 0.15) is 19.3 Å². The first-order chi connectivity index (χ1) is 8.29. The molecule has 2 atom stereocenters. The fourth-order valence-electron chi connectivity index (χ4n) is 2.29. The summed E-state index contributed by atoms with van der Waals surface area (Å²) in [7, 11) is 1.64. The van der Waals surface area contributed by atoms with Crippen LogP contribution >= 0.6 is 0 Å². The summed E-state index contributed by atoms with van der Waals surface area (Å²) in [6, 6.07) is 0. The maximum absolute atomic E-state index is 11.9. The average molecular weight is 244 g/mol. The van der Waals surface area contributed by atoms with Gasteiger partial charge < -0.3 is 20.5 Å². The third-order valence-corrected chi connectivity index (χ3v) is 3.28. The van der Waals surface area contributed by atoms with Gasteiger partial charge >= 0.3 is 0 Å². The number of ether oxygens (including phenoxy) is 2. The Bertz CT molecular complexity index is 224. The molecule has 1 saturated carbocycles. The number of hydrogen-bond acceptors (Lipinski definition) is 4. The van der Waals surface area contributed by atoms with Crippen LogP contribution in [0.25, 0.3) is 0 Å². The lowest BCUT2D eigenvalue weighted by atomic mass is 9.95. The Morgan fingerprint density at radius 1 is 1.35 bits per heavy atom. The van der Waals surface area contributed by atoms with Gasteiger partial charge in [-0.05, 0) is 25.3 Å². The van der Waals surface area contributed by atoms with Crippen molar-refractivity contribution in [1.29, 1.82) is 0 Å². The number of methoxy groups -OCH3 is 1. The van der Waals surface area contributed by atoms with Crippen molar-refractivity contribution in [2.75, 3.05) is 40.0 Å². The number of amides is 1. The van der Waals surface area contributed by atoms with Crippen molar-refractivity contribution in [3.63, 3.8) is 0 Å². The standard InChI is InChI=1S/C12H24N2O3/c1-16-7-8-17-6-5-14-12(15)11-4-2-3-10(11)9-13/h10-11H,2-9,13H2,1H3,(H,14,15). The van der Waals surface area contributed by atoms with Crippen LogP contribution in [-0.4, -0.2) is 45.9 Å². The highest BCUT2D eigenvalue weighted by molar-refractivity contribution is 5.79. The summed E-state index contributed by atoms with van der Waals surface area (Å²) in [5.41, 5.74) is 5.65. The van der Waals surface area contributed by atoms with E-state index in [9.17, 15) is 4.79 Å². The number of rotatable bonds is 8. The first-order valence-electron chi connectivity index (χ1n) is 6.34. The summed E-state index contributed by atoms with van der Waals surface area (Å²) in [5, 5.41) is 2.91. The minimum Gasteiger partial charge on any atom is -0.382 e. The van der Waals surface area contributed by atoms with Crippen LogP contribution in [0.2, 0.25) is 0 Å². The molecule has 1 fully saturated rings. The Morgan fingerprint density at radius 3 is 2.88 bits per heavy atom. The molecule has 100 valence electrons. The van der Waals surface area contributed by atoms with E-state index in [1.165, 1.54) is 0 Å². The predicted octanol–water partition coefficient (Wildman–Crippen LogP) is 0.141. The summed E-state index contributed by atoms with van der Waals surface area (Å²) in [4.78, 5) is 11.9. The molecule has 0 aromatic rings. The van der Waals surface area contributed by atoms with Crippen molar-refractivity contribution in [1.82, 2.24) is 5.32 Å². The fraction of sp³-hybridized carbons (Fsp3) is 0.917. The van der Waals surface area contributed by atoms with E-state index in [2.05, 4.69) is 5.32 Å². The van der Waals surface area contributed by atoms with Gasteiger partial charge in [-0.1, -0.05) is 6.42 Å². The Morgan fingerprint density at radius 2 is 2.18 bits per heavy atom. The minimum absolute atomic E-state index is 0.110. The second-order valence-electron chi connectivity index (χ2n) is 4.43. The van der Waals surface area contributed by atoms with E-state index in [1.54, 1.807) is 7.11 Å². The van der Waals surface area contributed by atoms with E-state index in [4.69, 9.17) is 15.2 Å². The van der Waals surface area contributed by atoms with Gasteiger partial charge in [0.05, 0.1) is 19.8 Å². The molecule has 0 aliphatic heterocycles. The van der Waals surface area contributed by atoms with Crippen molar-refractivity contribution in [3.8, 4) is 0 Å². The monoisotopic (exact) mass is 244 g/mol. The van der Waals surface area contributed by atoms with E-state index in [-0.39, 0.29) is 11.8 Å². The second-order valence-corrected chi connectivity index (χ2v) is 4.43. The first kappa shape index (κ1) is 14.4. The van der Waals surface area contributed by atoms with Gasteiger partial charge in [-0.15, -0.1) is 0 Å².